The predicted molar refractivity (Wildman–Crippen MR) is 68.9 cm³/mol. The number of aliphatic hydroxyl groups excluding tert-OH is 1. The number of nitrogens with zero attached hydrogens (tertiary/aromatic N) is 2. The molecular weight excluding hydrogens is 214 g/mol. The smallest absolute Gasteiger partial charge is 0.0958 e. The van der Waals surface area contributed by atoms with Gasteiger partial charge in [0.25, 0.3) is 0 Å². The van der Waals surface area contributed by atoms with Gasteiger partial charge in [0.05, 0.1) is 29.5 Å². The van der Waals surface area contributed by atoms with E-state index in [-0.39, 0.29) is 12.1 Å². The zero-order chi connectivity index (χ0) is 12.3. The van der Waals surface area contributed by atoms with E-state index in [9.17, 15) is 5.11 Å². The van der Waals surface area contributed by atoms with Gasteiger partial charge >= 0.3 is 0 Å². The van der Waals surface area contributed by atoms with Crippen molar-refractivity contribution >= 4 is 11.0 Å². The van der Waals surface area contributed by atoms with Gasteiger partial charge in [0.2, 0.25) is 0 Å². The molecule has 0 saturated heterocycles. The first kappa shape index (κ1) is 12.1. The Labute approximate surface area is 101 Å². The van der Waals surface area contributed by atoms with Crippen molar-refractivity contribution in [1.29, 1.82) is 0 Å². The molecule has 0 aliphatic heterocycles. The summed E-state index contributed by atoms with van der Waals surface area (Å²) in [5.41, 5.74) is 1.78. The van der Waals surface area contributed by atoms with Crippen molar-refractivity contribution in [3.05, 3.63) is 30.6 Å². The molecule has 0 radical (unpaired) electrons. The Bertz CT molecular complexity index is 494. The second kappa shape index (κ2) is 4.85. The minimum Gasteiger partial charge on any atom is -0.394 e. The van der Waals surface area contributed by atoms with Gasteiger partial charge in [-0.1, -0.05) is 19.1 Å². The molecule has 92 valence electrons. The molecule has 2 aromatic rings. The molecule has 2 N–H and O–H groups in total. The van der Waals surface area contributed by atoms with E-state index in [2.05, 4.69) is 14.9 Å². The van der Waals surface area contributed by atoms with E-state index in [0.717, 1.165) is 17.6 Å². The van der Waals surface area contributed by atoms with Gasteiger partial charge in [0, 0.05) is 6.54 Å². The Morgan fingerprint density at radius 2 is 2.18 bits per heavy atom. The molecule has 4 heteroatoms. The summed E-state index contributed by atoms with van der Waals surface area (Å²) in [6.07, 6.45) is 1.83. The third kappa shape index (κ3) is 2.48. The molecule has 0 fully saturated rings. The van der Waals surface area contributed by atoms with Gasteiger partial charge in [-0.25, -0.2) is 4.98 Å². The van der Waals surface area contributed by atoms with Crippen LogP contribution in [0, 0.1) is 0 Å². The maximum atomic E-state index is 9.49. The molecule has 1 aromatic heterocycles. The standard InChI is InChI=1S/C13H19N3O/c1-3-15-13(2,9-17)8-16-10-14-11-6-4-5-7-12(11)16/h4-7,10,15,17H,3,8-9H2,1-2H3. The number of para-hydroxylation sites is 2. The van der Waals surface area contributed by atoms with Gasteiger partial charge in [-0.15, -0.1) is 0 Å². The highest BCUT2D eigenvalue weighted by molar-refractivity contribution is 5.74. The predicted octanol–water partition coefficient (Wildman–Crippen LogP) is 1.40. The summed E-state index contributed by atoms with van der Waals surface area (Å²) < 4.78 is 2.08. The van der Waals surface area contributed by atoms with Crippen LogP contribution in [-0.4, -0.2) is 33.3 Å². The molecule has 0 amide bonds. The highest BCUT2D eigenvalue weighted by Gasteiger charge is 2.23. The third-order valence-electron chi connectivity index (χ3n) is 3.00. The summed E-state index contributed by atoms with van der Waals surface area (Å²) in [4.78, 5) is 4.35. The first-order valence-corrected chi connectivity index (χ1v) is 5.94. The number of benzene rings is 1. The molecule has 1 heterocycles. The summed E-state index contributed by atoms with van der Waals surface area (Å²) >= 11 is 0. The number of hydrogen-bond acceptors (Lipinski definition) is 3. The Balaban J connectivity index is 2.28. The molecule has 1 atom stereocenters. The molecule has 0 aliphatic carbocycles. The van der Waals surface area contributed by atoms with Crippen molar-refractivity contribution in [1.82, 2.24) is 14.9 Å². The lowest BCUT2D eigenvalue weighted by Gasteiger charge is -2.28. The van der Waals surface area contributed by atoms with Gasteiger partial charge in [0.1, 0.15) is 0 Å². The summed E-state index contributed by atoms with van der Waals surface area (Å²) in [6.45, 7) is 5.71. The molecule has 4 nitrogen and oxygen atoms in total. The lowest BCUT2D eigenvalue weighted by Crippen LogP contribution is -2.48. The van der Waals surface area contributed by atoms with E-state index < -0.39 is 0 Å². The number of imidazole rings is 1. The number of fused-ring (bicyclic) bond motifs is 1. The second-order valence-electron chi connectivity index (χ2n) is 4.61. The van der Waals surface area contributed by atoms with Crippen molar-refractivity contribution in [3.8, 4) is 0 Å². The van der Waals surface area contributed by atoms with Crippen LogP contribution in [0.4, 0.5) is 0 Å². The van der Waals surface area contributed by atoms with Crippen LogP contribution in [0.2, 0.25) is 0 Å². The van der Waals surface area contributed by atoms with Crippen LogP contribution < -0.4 is 5.32 Å². The quantitative estimate of drug-likeness (QED) is 0.820. The van der Waals surface area contributed by atoms with E-state index in [1.165, 1.54) is 0 Å². The fourth-order valence-corrected chi connectivity index (χ4v) is 2.10. The summed E-state index contributed by atoms with van der Waals surface area (Å²) in [7, 11) is 0. The Morgan fingerprint density at radius 3 is 2.88 bits per heavy atom. The van der Waals surface area contributed by atoms with Crippen LogP contribution in [0.1, 0.15) is 13.8 Å². The largest absolute Gasteiger partial charge is 0.394 e. The molecule has 0 saturated carbocycles. The van der Waals surface area contributed by atoms with E-state index in [1.807, 2.05) is 44.4 Å². The molecule has 0 spiro atoms. The van der Waals surface area contributed by atoms with Gasteiger partial charge < -0.3 is 15.0 Å². The zero-order valence-electron chi connectivity index (χ0n) is 10.3. The number of hydrogen-bond donors (Lipinski definition) is 2. The number of aliphatic hydroxyl groups is 1. The van der Waals surface area contributed by atoms with Gasteiger partial charge in [-0.3, -0.25) is 0 Å². The third-order valence-corrected chi connectivity index (χ3v) is 3.00. The van der Waals surface area contributed by atoms with Crippen molar-refractivity contribution in [2.24, 2.45) is 0 Å². The lowest BCUT2D eigenvalue weighted by atomic mass is 10.0. The lowest BCUT2D eigenvalue weighted by molar-refractivity contribution is 0.160. The van der Waals surface area contributed by atoms with Gasteiger partial charge in [-0.2, -0.15) is 0 Å². The highest BCUT2D eigenvalue weighted by atomic mass is 16.3. The number of aromatic nitrogens is 2. The van der Waals surface area contributed by atoms with Gasteiger partial charge in [-0.05, 0) is 25.6 Å². The Morgan fingerprint density at radius 1 is 1.41 bits per heavy atom. The number of rotatable bonds is 5. The van der Waals surface area contributed by atoms with Crippen molar-refractivity contribution in [2.45, 2.75) is 25.9 Å². The average Bonchev–Trinajstić information content (AvgIpc) is 2.73. The molecular formula is C13H19N3O. The van der Waals surface area contributed by atoms with E-state index >= 15 is 0 Å². The average molecular weight is 233 g/mol. The maximum Gasteiger partial charge on any atom is 0.0958 e. The summed E-state index contributed by atoms with van der Waals surface area (Å²) in [5, 5.41) is 12.8. The van der Waals surface area contributed by atoms with Crippen molar-refractivity contribution in [2.75, 3.05) is 13.2 Å². The fraction of sp³-hybridized carbons (Fsp3) is 0.462. The molecule has 17 heavy (non-hydrogen) atoms. The van der Waals surface area contributed by atoms with Crippen molar-refractivity contribution < 1.29 is 5.11 Å². The first-order chi connectivity index (χ1) is 8.18. The number of nitrogens with one attached hydrogen (secondary N) is 1. The van der Waals surface area contributed by atoms with E-state index in [4.69, 9.17) is 0 Å². The van der Waals surface area contributed by atoms with E-state index in [0.29, 0.717) is 6.54 Å². The minimum absolute atomic E-state index is 0.105. The van der Waals surface area contributed by atoms with Gasteiger partial charge in [0.15, 0.2) is 0 Å². The van der Waals surface area contributed by atoms with E-state index in [1.54, 1.807) is 0 Å². The van der Waals surface area contributed by atoms with Crippen LogP contribution in [0.15, 0.2) is 30.6 Å². The normalized spacial score (nSPS) is 15.0. The SMILES string of the molecule is CCNC(C)(CO)Cn1cnc2ccccc21. The van der Waals surface area contributed by atoms with Crippen LogP contribution in [-0.2, 0) is 6.54 Å². The maximum absolute atomic E-state index is 9.49. The monoisotopic (exact) mass is 233 g/mol. The minimum atomic E-state index is -0.307. The zero-order valence-corrected chi connectivity index (χ0v) is 10.3. The van der Waals surface area contributed by atoms with Crippen LogP contribution in [0.3, 0.4) is 0 Å². The summed E-state index contributed by atoms with van der Waals surface area (Å²) in [5.74, 6) is 0. The Hall–Kier alpha value is -1.39. The molecule has 1 unspecified atom stereocenters. The fourth-order valence-electron chi connectivity index (χ4n) is 2.10. The topological polar surface area (TPSA) is 50.1 Å². The number of likely N-dealkylation sites (N-methyl/N-ethyl adjacent to an activating group) is 1. The molecule has 1 aromatic carbocycles. The van der Waals surface area contributed by atoms with Crippen LogP contribution in [0.5, 0.6) is 0 Å². The second-order valence-corrected chi connectivity index (χ2v) is 4.61. The summed E-state index contributed by atoms with van der Waals surface area (Å²) in [6, 6.07) is 8.03. The highest BCUT2D eigenvalue weighted by Crippen LogP contribution is 2.15. The first-order valence-electron chi connectivity index (χ1n) is 5.94. The van der Waals surface area contributed by atoms with Crippen LogP contribution >= 0.6 is 0 Å². The van der Waals surface area contributed by atoms with Crippen molar-refractivity contribution in [3.63, 3.8) is 0 Å². The molecule has 2 rings (SSSR count). The molecule has 0 bridgehead atoms. The molecule has 0 aliphatic rings. The Kier molecular flexibility index (Phi) is 3.45. The van der Waals surface area contributed by atoms with Crippen LogP contribution in [0.25, 0.3) is 11.0 Å².